The number of alkyl halides is 1. The Kier molecular flexibility index (Phi) is 3.62. The number of imidazole rings is 1. The third kappa shape index (κ3) is 2.22. The predicted molar refractivity (Wildman–Crippen MR) is 69.7 cm³/mol. The van der Waals surface area contributed by atoms with Crippen LogP contribution in [0.25, 0.3) is 0 Å². The molecular formula is C12H13ClN4O. The minimum absolute atomic E-state index is 0.144. The Hall–Kier alpha value is -1.88. The maximum atomic E-state index is 12.3. The third-order valence-electron chi connectivity index (χ3n) is 2.76. The molecule has 0 radical (unpaired) electrons. The standard InChI is InChI=1S/C12H13ClN4O/c1-16(9-4-3-5-14-7-9)12(18)10-8-15-11(6-13)17(10)2/h3-5,7-8H,6H2,1-2H3. The lowest BCUT2D eigenvalue weighted by Crippen LogP contribution is -2.28. The molecule has 6 heteroatoms. The molecule has 0 fully saturated rings. The Labute approximate surface area is 110 Å². The molecule has 0 aromatic carbocycles. The maximum absolute atomic E-state index is 12.3. The van der Waals surface area contributed by atoms with E-state index in [1.54, 1.807) is 37.1 Å². The summed E-state index contributed by atoms with van der Waals surface area (Å²) in [7, 11) is 3.47. The number of nitrogens with zero attached hydrogens (tertiary/aromatic N) is 4. The van der Waals surface area contributed by atoms with Crippen molar-refractivity contribution in [1.29, 1.82) is 0 Å². The molecule has 2 aromatic heterocycles. The lowest BCUT2D eigenvalue weighted by Gasteiger charge is -2.16. The second-order valence-electron chi connectivity index (χ2n) is 3.83. The highest BCUT2D eigenvalue weighted by Crippen LogP contribution is 2.14. The van der Waals surface area contributed by atoms with Crippen molar-refractivity contribution in [2.75, 3.05) is 11.9 Å². The minimum atomic E-state index is -0.144. The molecule has 5 nitrogen and oxygen atoms in total. The van der Waals surface area contributed by atoms with Crippen molar-refractivity contribution in [2.24, 2.45) is 7.05 Å². The van der Waals surface area contributed by atoms with Gasteiger partial charge >= 0.3 is 0 Å². The first-order valence-corrected chi connectivity index (χ1v) is 5.93. The molecule has 0 spiro atoms. The van der Waals surface area contributed by atoms with Crippen molar-refractivity contribution in [1.82, 2.24) is 14.5 Å². The Morgan fingerprint density at radius 1 is 1.50 bits per heavy atom. The van der Waals surface area contributed by atoms with E-state index in [4.69, 9.17) is 11.6 Å². The molecule has 0 aliphatic carbocycles. The molecule has 0 saturated heterocycles. The molecule has 2 rings (SSSR count). The topological polar surface area (TPSA) is 51.0 Å². The van der Waals surface area contributed by atoms with Crippen LogP contribution in [0.5, 0.6) is 0 Å². The van der Waals surface area contributed by atoms with Gasteiger partial charge in [-0.1, -0.05) is 0 Å². The van der Waals surface area contributed by atoms with Gasteiger partial charge in [0, 0.05) is 20.3 Å². The normalized spacial score (nSPS) is 10.4. The fraction of sp³-hybridized carbons (Fsp3) is 0.250. The van der Waals surface area contributed by atoms with Crippen molar-refractivity contribution in [3.63, 3.8) is 0 Å². The van der Waals surface area contributed by atoms with Gasteiger partial charge in [-0.3, -0.25) is 9.78 Å². The summed E-state index contributed by atoms with van der Waals surface area (Å²) in [5, 5.41) is 0. The van der Waals surface area contributed by atoms with Gasteiger partial charge in [-0.15, -0.1) is 11.6 Å². The highest BCUT2D eigenvalue weighted by molar-refractivity contribution is 6.16. The van der Waals surface area contributed by atoms with E-state index < -0.39 is 0 Å². The second-order valence-corrected chi connectivity index (χ2v) is 4.09. The molecule has 94 valence electrons. The molecular weight excluding hydrogens is 252 g/mol. The fourth-order valence-corrected chi connectivity index (χ4v) is 1.86. The van der Waals surface area contributed by atoms with Crippen LogP contribution in [-0.2, 0) is 12.9 Å². The van der Waals surface area contributed by atoms with Crippen LogP contribution >= 0.6 is 11.6 Å². The van der Waals surface area contributed by atoms with Crippen molar-refractivity contribution < 1.29 is 4.79 Å². The predicted octanol–water partition coefficient (Wildman–Crippen LogP) is 1.83. The first-order valence-electron chi connectivity index (χ1n) is 5.39. The molecule has 0 atom stereocenters. The molecule has 0 aliphatic heterocycles. The number of aromatic nitrogens is 3. The summed E-state index contributed by atoms with van der Waals surface area (Å²) in [6, 6.07) is 3.61. The number of rotatable bonds is 3. The Morgan fingerprint density at radius 2 is 2.28 bits per heavy atom. The van der Waals surface area contributed by atoms with Gasteiger partial charge in [0.1, 0.15) is 11.5 Å². The number of carbonyl (C=O) groups excluding carboxylic acids is 1. The monoisotopic (exact) mass is 264 g/mol. The van der Waals surface area contributed by atoms with E-state index in [0.717, 1.165) is 5.69 Å². The minimum Gasteiger partial charge on any atom is -0.326 e. The van der Waals surface area contributed by atoms with Crippen LogP contribution in [0.3, 0.4) is 0 Å². The molecule has 1 amide bonds. The van der Waals surface area contributed by atoms with Gasteiger partial charge in [-0.05, 0) is 12.1 Å². The van der Waals surface area contributed by atoms with Crippen LogP contribution < -0.4 is 4.90 Å². The number of halogens is 1. The van der Waals surface area contributed by atoms with Crippen molar-refractivity contribution >= 4 is 23.2 Å². The Morgan fingerprint density at radius 3 is 2.83 bits per heavy atom. The molecule has 0 unspecified atom stereocenters. The summed E-state index contributed by atoms with van der Waals surface area (Å²) < 4.78 is 1.70. The summed E-state index contributed by atoms with van der Waals surface area (Å²) >= 11 is 5.73. The van der Waals surface area contributed by atoms with Gasteiger partial charge in [0.25, 0.3) is 5.91 Å². The number of hydrogen-bond donors (Lipinski definition) is 0. The van der Waals surface area contributed by atoms with Crippen LogP contribution in [0, 0.1) is 0 Å². The van der Waals surface area contributed by atoms with E-state index in [2.05, 4.69) is 9.97 Å². The van der Waals surface area contributed by atoms with Gasteiger partial charge < -0.3 is 9.47 Å². The molecule has 18 heavy (non-hydrogen) atoms. The summed E-state index contributed by atoms with van der Waals surface area (Å²) in [4.78, 5) is 21.9. The smallest absolute Gasteiger partial charge is 0.276 e. The highest BCUT2D eigenvalue weighted by atomic mass is 35.5. The van der Waals surface area contributed by atoms with Gasteiger partial charge in [-0.25, -0.2) is 4.98 Å². The average molecular weight is 265 g/mol. The summed E-state index contributed by atoms with van der Waals surface area (Å²) in [6.45, 7) is 0. The fourth-order valence-electron chi connectivity index (χ4n) is 1.61. The van der Waals surface area contributed by atoms with E-state index in [0.29, 0.717) is 11.5 Å². The van der Waals surface area contributed by atoms with Gasteiger partial charge in [0.05, 0.1) is 24.0 Å². The zero-order valence-corrected chi connectivity index (χ0v) is 10.9. The van der Waals surface area contributed by atoms with E-state index in [9.17, 15) is 4.79 Å². The highest BCUT2D eigenvalue weighted by Gasteiger charge is 2.18. The number of hydrogen-bond acceptors (Lipinski definition) is 3. The lowest BCUT2D eigenvalue weighted by atomic mass is 10.3. The van der Waals surface area contributed by atoms with E-state index in [1.165, 1.54) is 11.1 Å². The van der Waals surface area contributed by atoms with Crippen LogP contribution in [0.15, 0.2) is 30.7 Å². The van der Waals surface area contributed by atoms with Crippen LogP contribution in [0.1, 0.15) is 16.3 Å². The zero-order valence-electron chi connectivity index (χ0n) is 10.2. The molecule has 0 N–H and O–H groups in total. The first kappa shape index (κ1) is 12.6. The van der Waals surface area contributed by atoms with Crippen molar-refractivity contribution in [2.45, 2.75) is 5.88 Å². The Balaban J connectivity index is 2.29. The van der Waals surface area contributed by atoms with E-state index in [1.807, 2.05) is 6.07 Å². The number of amides is 1. The molecule has 0 saturated carbocycles. The quantitative estimate of drug-likeness (QED) is 0.795. The van der Waals surface area contributed by atoms with Gasteiger partial charge in [0.2, 0.25) is 0 Å². The van der Waals surface area contributed by atoms with Crippen molar-refractivity contribution in [3.8, 4) is 0 Å². The molecule has 2 aromatic rings. The lowest BCUT2D eigenvalue weighted by molar-refractivity contribution is 0.0985. The summed E-state index contributed by atoms with van der Waals surface area (Å²) in [5.41, 5.74) is 1.23. The number of carbonyl (C=O) groups is 1. The van der Waals surface area contributed by atoms with Crippen LogP contribution in [0.4, 0.5) is 5.69 Å². The first-order chi connectivity index (χ1) is 8.65. The van der Waals surface area contributed by atoms with Crippen LogP contribution in [0.2, 0.25) is 0 Å². The number of anilines is 1. The second kappa shape index (κ2) is 5.18. The van der Waals surface area contributed by atoms with E-state index in [-0.39, 0.29) is 11.8 Å². The van der Waals surface area contributed by atoms with Crippen LogP contribution in [-0.4, -0.2) is 27.5 Å². The Bertz CT molecular complexity index is 552. The summed E-state index contributed by atoms with van der Waals surface area (Å²) in [6.07, 6.45) is 4.83. The van der Waals surface area contributed by atoms with Gasteiger partial charge in [-0.2, -0.15) is 0 Å². The SMILES string of the molecule is CN(C(=O)c1cnc(CCl)n1C)c1cccnc1. The largest absolute Gasteiger partial charge is 0.326 e. The molecule has 0 aliphatic rings. The molecule has 2 heterocycles. The number of pyridine rings is 1. The third-order valence-corrected chi connectivity index (χ3v) is 3.00. The van der Waals surface area contributed by atoms with Gasteiger partial charge in [0.15, 0.2) is 0 Å². The maximum Gasteiger partial charge on any atom is 0.276 e. The van der Waals surface area contributed by atoms with Crippen molar-refractivity contribution in [3.05, 3.63) is 42.2 Å². The average Bonchev–Trinajstić information content (AvgIpc) is 2.79. The van der Waals surface area contributed by atoms with E-state index >= 15 is 0 Å². The summed E-state index contributed by atoms with van der Waals surface area (Å²) in [5.74, 6) is 0.800. The zero-order chi connectivity index (χ0) is 13.1. The molecule has 0 bridgehead atoms.